The highest BCUT2D eigenvalue weighted by atomic mass is 32.1. The molecule has 1 aromatic rings. The normalized spacial score (nSPS) is 11.0. The number of thiophene rings is 1. The SMILES string of the molecule is CC(C)(C)OC(=O)NCc1cc(NS)cs1. The molecule has 0 radical (unpaired) electrons. The van der Waals surface area contributed by atoms with Crippen LogP contribution in [-0.2, 0) is 11.3 Å². The number of hydrogen-bond donors (Lipinski definition) is 3. The average Bonchev–Trinajstić information content (AvgIpc) is 2.59. The smallest absolute Gasteiger partial charge is 0.407 e. The van der Waals surface area contributed by atoms with Gasteiger partial charge in [0.05, 0.1) is 12.2 Å². The molecule has 1 aromatic heterocycles. The van der Waals surface area contributed by atoms with Gasteiger partial charge in [-0.2, -0.15) is 0 Å². The van der Waals surface area contributed by atoms with Gasteiger partial charge in [-0.1, -0.05) is 12.8 Å². The van der Waals surface area contributed by atoms with Gasteiger partial charge in [-0.05, 0) is 26.8 Å². The van der Waals surface area contributed by atoms with Crippen LogP contribution in [-0.4, -0.2) is 11.7 Å². The average molecular weight is 260 g/mol. The van der Waals surface area contributed by atoms with E-state index in [1.807, 2.05) is 32.2 Å². The molecule has 0 atom stereocenters. The molecule has 6 heteroatoms. The third-order valence-electron chi connectivity index (χ3n) is 1.59. The molecule has 90 valence electrons. The molecule has 16 heavy (non-hydrogen) atoms. The number of nitrogens with one attached hydrogen (secondary N) is 2. The van der Waals surface area contributed by atoms with Gasteiger partial charge in [0.15, 0.2) is 0 Å². The predicted octanol–water partition coefficient (Wildman–Crippen LogP) is 3.03. The van der Waals surface area contributed by atoms with Crippen molar-refractivity contribution >= 4 is 35.9 Å². The first-order valence-electron chi connectivity index (χ1n) is 4.85. The van der Waals surface area contributed by atoms with Gasteiger partial charge in [0, 0.05) is 10.3 Å². The monoisotopic (exact) mass is 260 g/mol. The van der Waals surface area contributed by atoms with Crippen LogP contribution in [0, 0.1) is 0 Å². The highest BCUT2D eigenvalue weighted by molar-refractivity contribution is 7.81. The third-order valence-corrected chi connectivity index (χ3v) is 2.78. The Balaban J connectivity index is 2.37. The van der Waals surface area contributed by atoms with Crippen LogP contribution in [0.15, 0.2) is 11.4 Å². The summed E-state index contributed by atoms with van der Waals surface area (Å²) in [7, 11) is 0. The van der Waals surface area contributed by atoms with Gasteiger partial charge in [-0.25, -0.2) is 4.79 Å². The Morgan fingerprint density at radius 3 is 2.75 bits per heavy atom. The number of thiol groups is 1. The van der Waals surface area contributed by atoms with Crippen LogP contribution in [0.25, 0.3) is 0 Å². The molecule has 1 rings (SSSR count). The van der Waals surface area contributed by atoms with Gasteiger partial charge in [-0.15, -0.1) is 11.3 Å². The van der Waals surface area contributed by atoms with E-state index in [9.17, 15) is 4.79 Å². The minimum Gasteiger partial charge on any atom is -0.444 e. The summed E-state index contributed by atoms with van der Waals surface area (Å²) >= 11 is 5.49. The zero-order valence-corrected chi connectivity index (χ0v) is 11.2. The molecular weight excluding hydrogens is 244 g/mol. The highest BCUT2D eigenvalue weighted by Crippen LogP contribution is 2.19. The molecule has 0 unspecified atom stereocenters. The van der Waals surface area contributed by atoms with E-state index in [1.54, 1.807) is 11.3 Å². The molecule has 0 aliphatic carbocycles. The standard InChI is InChI=1S/C10H16N2O2S2/c1-10(2,3)14-9(13)11-5-8-4-7(12-15)6-16-8/h4,6,12,15H,5H2,1-3H3,(H,11,13). The van der Waals surface area contributed by atoms with Gasteiger partial charge >= 0.3 is 6.09 Å². The lowest BCUT2D eigenvalue weighted by atomic mass is 10.2. The van der Waals surface area contributed by atoms with E-state index >= 15 is 0 Å². The Kier molecular flexibility index (Phi) is 4.49. The van der Waals surface area contributed by atoms with E-state index < -0.39 is 11.7 Å². The minimum absolute atomic E-state index is 0.402. The number of carbonyl (C=O) groups is 1. The van der Waals surface area contributed by atoms with Crippen LogP contribution in [0.2, 0.25) is 0 Å². The first-order chi connectivity index (χ1) is 7.40. The first kappa shape index (κ1) is 13.2. The number of ether oxygens (including phenoxy) is 1. The maximum Gasteiger partial charge on any atom is 0.407 e. The molecule has 0 aromatic carbocycles. The Morgan fingerprint density at radius 1 is 1.56 bits per heavy atom. The Bertz CT molecular complexity index is 358. The summed E-state index contributed by atoms with van der Waals surface area (Å²) in [5.41, 5.74) is 0.464. The molecular formula is C10H16N2O2S2. The van der Waals surface area contributed by atoms with Gasteiger partial charge in [0.1, 0.15) is 5.60 Å². The summed E-state index contributed by atoms with van der Waals surface area (Å²) in [5.74, 6) is 0. The molecule has 0 bridgehead atoms. The number of anilines is 1. The van der Waals surface area contributed by atoms with Crippen molar-refractivity contribution in [2.24, 2.45) is 0 Å². The lowest BCUT2D eigenvalue weighted by Gasteiger charge is -2.19. The third kappa shape index (κ3) is 4.76. The second kappa shape index (κ2) is 5.45. The van der Waals surface area contributed by atoms with Crippen molar-refractivity contribution in [3.05, 3.63) is 16.3 Å². The molecule has 0 fully saturated rings. The molecule has 0 spiro atoms. The topological polar surface area (TPSA) is 50.4 Å². The number of alkyl carbamates (subject to hydrolysis) is 1. The van der Waals surface area contributed by atoms with Crippen LogP contribution in [0.3, 0.4) is 0 Å². The maximum absolute atomic E-state index is 11.3. The van der Waals surface area contributed by atoms with Crippen LogP contribution < -0.4 is 10.0 Å². The molecule has 0 aliphatic heterocycles. The largest absolute Gasteiger partial charge is 0.444 e. The van der Waals surface area contributed by atoms with Gasteiger partial charge < -0.3 is 14.8 Å². The fraction of sp³-hybridized carbons (Fsp3) is 0.500. The molecule has 2 N–H and O–H groups in total. The van der Waals surface area contributed by atoms with Crippen molar-refractivity contribution in [2.75, 3.05) is 4.72 Å². The number of rotatable bonds is 3. The van der Waals surface area contributed by atoms with Crippen LogP contribution >= 0.6 is 24.2 Å². The predicted molar refractivity (Wildman–Crippen MR) is 70.0 cm³/mol. The summed E-state index contributed by atoms with van der Waals surface area (Å²) in [4.78, 5) is 12.4. The number of hydrogen-bond acceptors (Lipinski definition) is 5. The van der Waals surface area contributed by atoms with Crippen molar-refractivity contribution in [3.63, 3.8) is 0 Å². The van der Waals surface area contributed by atoms with Crippen molar-refractivity contribution < 1.29 is 9.53 Å². The Morgan fingerprint density at radius 2 is 2.25 bits per heavy atom. The Labute approximate surface area is 105 Å². The van der Waals surface area contributed by atoms with E-state index in [4.69, 9.17) is 4.74 Å². The summed E-state index contributed by atoms with van der Waals surface area (Å²) in [5, 5.41) is 4.62. The Hall–Kier alpha value is -0.880. The molecule has 0 aliphatic rings. The number of amides is 1. The maximum atomic E-state index is 11.3. The van der Waals surface area contributed by atoms with E-state index in [-0.39, 0.29) is 0 Å². The molecule has 0 saturated carbocycles. The number of carbonyl (C=O) groups excluding carboxylic acids is 1. The molecule has 1 heterocycles. The quantitative estimate of drug-likeness (QED) is 0.732. The summed E-state index contributed by atoms with van der Waals surface area (Å²) < 4.78 is 7.85. The van der Waals surface area contributed by atoms with Crippen LogP contribution in [0.1, 0.15) is 25.6 Å². The fourth-order valence-corrected chi connectivity index (χ4v) is 1.98. The zero-order valence-electron chi connectivity index (χ0n) is 9.53. The van der Waals surface area contributed by atoms with E-state index in [0.717, 1.165) is 10.6 Å². The molecule has 0 saturated heterocycles. The first-order valence-corrected chi connectivity index (χ1v) is 6.18. The summed E-state index contributed by atoms with van der Waals surface area (Å²) in [6.45, 7) is 5.97. The summed E-state index contributed by atoms with van der Waals surface area (Å²) in [6.07, 6.45) is -0.402. The highest BCUT2D eigenvalue weighted by Gasteiger charge is 2.15. The van der Waals surface area contributed by atoms with E-state index in [2.05, 4.69) is 22.9 Å². The van der Waals surface area contributed by atoms with E-state index in [0.29, 0.717) is 6.54 Å². The van der Waals surface area contributed by atoms with Crippen molar-refractivity contribution in [1.29, 1.82) is 0 Å². The van der Waals surface area contributed by atoms with Gasteiger partial charge in [-0.3, -0.25) is 0 Å². The lowest BCUT2D eigenvalue weighted by Crippen LogP contribution is -2.31. The van der Waals surface area contributed by atoms with Crippen LogP contribution in [0.5, 0.6) is 0 Å². The van der Waals surface area contributed by atoms with Crippen LogP contribution in [0.4, 0.5) is 10.5 Å². The second-order valence-corrected chi connectivity index (χ2v) is 5.49. The van der Waals surface area contributed by atoms with Crippen molar-refractivity contribution in [3.8, 4) is 0 Å². The van der Waals surface area contributed by atoms with E-state index in [1.165, 1.54) is 0 Å². The minimum atomic E-state index is -0.461. The molecule has 4 nitrogen and oxygen atoms in total. The van der Waals surface area contributed by atoms with Gasteiger partial charge in [0.25, 0.3) is 0 Å². The molecule has 1 amide bonds. The zero-order chi connectivity index (χ0) is 12.2. The summed E-state index contributed by atoms with van der Waals surface area (Å²) in [6, 6.07) is 1.93. The van der Waals surface area contributed by atoms with Crippen molar-refractivity contribution in [2.45, 2.75) is 32.9 Å². The second-order valence-electron chi connectivity index (χ2n) is 4.27. The van der Waals surface area contributed by atoms with Crippen molar-refractivity contribution in [1.82, 2.24) is 5.32 Å². The van der Waals surface area contributed by atoms with Gasteiger partial charge in [0.2, 0.25) is 0 Å². The lowest BCUT2D eigenvalue weighted by molar-refractivity contribution is 0.0524. The fourth-order valence-electron chi connectivity index (χ4n) is 1.01.